The largest absolute Gasteiger partial charge is 0.197 e. The van der Waals surface area contributed by atoms with Crippen LogP contribution in [0.2, 0.25) is 0 Å². The minimum Gasteiger partial charge on any atom is -0.197 e. The second-order valence-corrected chi connectivity index (χ2v) is 4.59. The molecule has 94 valence electrons. The predicted octanol–water partition coefficient (Wildman–Crippen LogP) is 2.54. The molecule has 0 aliphatic heterocycles. The highest BCUT2D eigenvalue weighted by molar-refractivity contribution is 5.54. The van der Waals surface area contributed by atoms with E-state index in [-0.39, 0.29) is 11.8 Å². The number of allylic oxidation sites excluding steroid dienone is 8. The number of rotatable bonds is 2. The summed E-state index contributed by atoms with van der Waals surface area (Å²) in [5.41, 5.74) is 1.86. The Balaban J connectivity index is 2.26. The van der Waals surface area contributed by atoms with Crippen LogP contribution < -0.4 is 0 Å². The summed E-state index contributed by atoms with van der Waals surface area (Å²) in [6.45, 7) is 0. The van der Waals surface area contributed by atoms with E-state index in [2.05, 4.69) is 0 Å². The van der Waals surface area contributed by atoms with Gasteiger partial charge in [0.1, 0.15) is 11.8 Å². The van der Waals surface area contributed by atoms with Gasteiger partial charge in [0.05, 0.1) is 24.3 Å². The minimum absolute atomic E-state index is 0.221. The molecule has 0 spiro atoms. The Labute approximate surface area is 117 Å². The number of fused-ring (bicyclic) bond motifs is 1. The fraction of sp³-hybridized carbons (Fsp3) is 0.250. The highest BCUT2D eigenvalue weighted by atomic mass is 14.4. The predicted molar refractivity (Wildman–Crippen MR) is 70.9 cm³/mol. The van der Waals surface area contributed by atoms with Crippen molar-refractivity contribution < 1.29 is 0 Å². The van der Waals surface area contributed by atoms with E-state index >= 15 is 0 Å². The molecule has 2 atom stereocenters. The standard InChI is InChI=1S/C16H10N4/c17-7-15(8-18)13-3-1-11-5-14(16(9-19)10-20)4-2-12(11)6-13/h1-6,13-16H. The lowest BCUT2D eigenvalue weighted by Crippen LogP contribution is -2.14. The highest BCUT2D eigenvalue weighted by Gasteiger charge is 2.24. The molecule has 2 unspecified atom stereocenters. The van der Waals surface area contributed by atoms with E-state index < -0.39 is 11.8 Å². The normalized spacial score (nSPS) is 22.9. The molecule has 0 amide bonds. The summed E-state index contributed by atoms with van der Waals surface area (Å²) < 4.78 is 0. The first-order valence-electron chi connectivity index (χ1n) is 6.12. The van der Waals surface area contributed by atoms with E-state index in [4.69, 9.17) is 21.0 Å². The van der Waals surface area contributed by atoms with Crippen LogP contribution in [0.3, 0.4) is 0 Å². The maximum Gasteiger partial charge on any atom is 0.143 e. The van der Waals surface area contributed by atoms with Gasteiger partial charge in [0.25, 0.3) is 0 Å². The summed E-state index contributed by atoms with van der Waals surface area (Å²) in [4.78, 5) is 0. The second-order valence-electron chi connectivity index (χ2n) is 4.59. The van der Waals surface area contributed by atoms with Gasteiger partial charge in [-0.3, -0.25) is 0 Å². The lowest BCUT2D eigenvalue weighted by molar-refractivity contribution is 0.677. The number of nitriles is 4. The lowest BCUT2D eigenvalue weighted by atomic mass is 9.80. The van der Waals surface area contributed by atoms with Crippen molar-refractivity contribution in [3.8, 4) is 24.3 Å². The SMILES string of the molecule is N#CC(C#N)C1C=CC2=CC(C(C#N)C#N)C=CC2=C1. The molecule has 0 N–H and O–H groups in total. The van der Waals surface area contributed by atoms with Gasteiger partial charge in [-0.25, -0.2) is 0 Å². The number of hydrogen-bond donors (Lipinski definition) is 0. The summed E-state index contributed by atoms with van der Waals surface area (Å²) >= 11 is 0. The first-order valence-corrected chi connectivity index (χ1v) is 6.12. The number of hydrogen-bond acceptors (Lipinski definition) is 4. The molecule has 2 aliphatic carbocycles. The van der Waals surface area contributed by atoms with Crippen LogP contribution in [0.25, 0.3) is 0 Å². The molecule has 0 saturated heterocycles. The zero-order chi connectivity index (χ0) is 14.5. The van der Waals surface area contributed by atoms with E-state index in [9.17, 15) is 0 Å². The van der Waals surface area contributed by atoms with Crippen LogP contribution in [0.4, 0.5) is 0 Å². The van der Waals surface area contributed by atoms with Crippen molar-refractivity contribution in [1.82, 2.24) is 0 Å². The Hall–Kier alpha value is -3.08. The third-order valence-electron chi connectivity index (χ3n) is 3.40. The Morgan fingerprint density at radius 2 is 1.05 bits per heavy atom. The molecule has 0 radical (unpaired) electrons. The molecule has 0 fully saturated rings. The molecular formula is C16H10N4. The van der Waals surface area contributed by atoms with E-state index in [0.29, 0.717) is 0 Å². The molecule has 0 aromatic carbocycles. The van der Waals surface area contributed by atoms with Crippen molar-refractivity contribution in [2.24, 2.45) is 23.7 Å². The van der Waals surface area contributed by atoms with Gasteiger partial charge in [0.2, 0.25) is 0 Å². The highest BCUT2D eigenvalue weighted by Crippen LogP contribution is 2.32. The maximum absolute atomic E-state index is 8.91. The average molecular weight is 258 g/mol. The molecular weight excluding hydrogens is 248 g/mol. The second kappa shape index (κ2) is 5.71. The summed E-state index contributed by atoms with van der Waals surface area (Å²) in [5, 5.41) is 35.7. The monoisotopic (exact) mass is 258 g/mol. The van der Waals surface area contributed by atoms with Crippen LogP contribution in [0.5, 0.6) is 0 Å². The fourth-order valence-electron chi connectivity index (χ4n) is 2.27. The Bertz CT molecular complexity index is 605. The third kappa shape index (κ3) is 2.37. The molecule has 20 heavy (non-hydrogen) atoms. The van der Waals surface area contributed by atoms with Crippen LogP contribution in [-0.4, -0.2) is 0 Å². The van der Waals surface area contributed by atoms with Crippen molar-refractivity contribution >= 4 is 0 Å². The molecule has 2 rings (SSSR count). The van der Waals surface area contributed by atoms with E-state index in [1.54, 1.807) is 0 Å². The van der Waals surface area contributed by atoms with Gasteiger partial charge in [-0.2, -0.15) is 21.0 Å². The molecule has 0 bridgehead atoms. The van der Waals surface area contributed by atoms with Crippen LogP contribution in [0.15, 0.2) is 47.6 Å². The Kier molecular flexibility index (Phi) is 3.81. The quantitative estimate of drug-likeness (QED) is 0.760. The minimum atomic E-state index is -0.697. The molecule has 4 heteroatoms. The van der Waals surface area contributed by atoms with E-state index in [1.807, 2.05) is 60.7 Å². The van der Waals surface area contributed by atoms with Crippen LogP contribution >= 0.6 is 0 Å². The first kappa shape index (κ1) is 13.4. The van der Waals surface area contributed by atoms with E-state index in [0.717, 1.165) is 11.1 Å². The van der Waals surface area contributed by atoms with Crippen molar-refractivity contribution in [3.63, 3.8) is 0 Å². The van der Waals surface area contributed by atoms with Crippen molar-refractivity contribution in [2.45, 2.75) is 0 Å². The smallest absolute Gasteiger partial charge is 0.143 e. The molecule has 4 nitrogen and oxygen atoms in total. The average Bonchev–Trinajstić information content (AvgIpc) is 2.49. The zero-order valence-corrected chi connectivity index (χ0v) is 10.6. The maximum atomic E-state index is 8.91. The fourth-order valence-corrected chi connectivity index (χ4v) is 2.27. The topological polar surface area (TPSA) is 95.2 Å². The molecule has 0 aromatic heterocycles. The van der Waals surface area contributed by atoms with Crippen molar-refractivity contribution in [3.05, 3.63) is 47.6 Å². The van der Waals surface area contributed by atoms with Gasteiger partial charge in [0, 0.05) is 11.8 Å². The van der Waals surface area contributed by atoms with Gasteiger partial charge >= 0.3 is 0 Å². The van der Waals surface area contributed by atoms with Gasteiger partial charge in [-0.05, 0) is 11.1 Å². The van der Waals surface area contributed by atoms with Crippen molar-refractivity contribution in [1.29, 1.82) is 21.0 Å². The molecule has 0 aromatic rings. The van der Waals surface area contributed by atoms with E-state index in [1.165, 1.54) is 0 Å². The Morgan fingerprint density at radius 3 is 1.35 bits per heavy atom. The summed E-state index contributed by atoms with van der Waals surface area (Å²) in [7, 11) is 0. The van der Waals surface area contributed by atoms with Crippen molar-refractivity contribution in [2.75, 3.05) is 0 Å². The summed E-state index contributed by atoms with van der Waals surface area (Å²) in [5.74, 6) is -1.84. The van der Waals surface area contributed by atoms with Crippen LogP contribution in [-0.2, 0) is 0 Å². The zero-order valence-electron chi connectivity index (χ0n) is 10.6. The third-order valence-corrected chi connectivity index (χ3v) is 3.40. The Morgan fingerprint density at radius 1 is 0.700 bits per heavy atom. The molecule has 0 saturated carbocycles. The summed E-state index contributed by atoms with van der Waals surface area (Å²) in [6, 6.07) is 7.90. The van der Waals surface area contributed by atoms with Crippen LogP contribution in [0, 0.1) is 69.0 Å². The van der Waals surface area contributed by atoms with Gasteiger partial charge in [-0.15, -0.1) is 0 Å². The lowest BCUT2D eigenvalue weighted by Gasteiger charge is -2.22. The number of nitrogens with zero attached hydrogens (tertiary/aromatic N) is 4. The first-order chi connectivity index (χ1) is 9.73. The van der Waals surface area contributed by atoms with Crippen LogP contribution in [0.1, 0.15) is 0 Å². The summed E-state index contributed by atoms with van der Waals surface area (Å²) in [6.07, 6.45) is 11.1. The van der Waals surface area contributed by atoms with Gasteiger partial charge in [0.15, 0.2) is 0 Å². The van der Waals surface area contributed by atoms with Gasteiger partial charge in [-0.1, -0.05) is 36.5 Å². The molecule has 2 aliphatic rings. The molecule has 0 heterocycles. The van der Waals surface area contributed by atoms with Gasteiger partial charge < -0.3 is 0 Å².